The summed E-state index contributed by atoms with van der Waals surface area (Å²) in [6.07, 6.45) is 13.4. The minimum absolute atomic E-state index is 0.0566. The highest BCUT2D eigenvalue weighted by Crippen LogP contribution is 2.40. The fourth-order valence-electron chi connectivity index (χ4n) is 5.08. The van der Waals surface area contributed by atoms with E-state index in [0.29, 0.717) is 12.5 Å². The fourth-order valence-corrected chi connectivity index (χ4v) is 5.08. The third-order valence-electron chi connectivity index (χ3n) is 6.75. The summed E-state index contributed by atoms with van der Waals surface area (Å²) >= 11 is 0. The van der Waals surface area contributed by atoms with Crippen molar-refractivity contribution in [2.24, 2.45) is 11.7 Å². The lowest BCUT2D eigenvalue weighted by Crippen LogP contribution is -2.44. The van der Waals surface area contributed by atoms with Crippen LogP contribution in [-0.2, 0) is 0 Å². The van der Waals surface area contributed by atoms with Crippen LogP contribution >= 0.6 is 0 Å². The first kappa shape index (κ1) is 20.0. The molecule has 1 saturated heterocycles. The number of hydrogen-bond donors (Lipinski definition) is 2. The molecule has 0 aromatic heterocycles. The number of allylic oxidation sites excluding steroid dienone is 2. The number of nitrogens with two attached hydrogens (primary N) is 1. The van der Waals surface area contributed by atoms with Crippen molar-refractivity contribution in [3.8, 4) is 0 Å². The summed E-state index contributed by atoms with van der Waals surface area (Å²) in [5.41, 5.74) is 7.66. The van der Waals surface area contributed by atoms with E-state index in [2.05, 4.69) is 30.1 Å². The number of piperidine rings is 1. The zero-order chi connectivity index (χ0) is 18.5. The maximum atomic E-state index is 14.8. The normalized spacial score (nSPS) is 25.8. The van der Waals surface area contributed by atoms with E-state index in [1.54, 1.807) is 0 Å². The Balaban J connectivity index is 1.47. The number of likely N-dealkylation sites (tertiary alicyclic amines) is 1. The van der Waals surface area contributed by atoms with Gasteiger partial charge in [-0.1, -0.05) is 32.6 Å². The third-order valence-corrected chi connectivity index (χ3v) is 6.75. The van der Waals surface area contributed by atoms with Gasteiger partial charge in [-0.25, -0.2) is 4.39 Å². The zero-order valence-electron chi connectivity index (χ0n) is 16.8. The van der Waals surface area contributed by atoms with Crippen LogP contribution in [-0.4, -0.2) is 42.7 Å². The van der Waals surface area contributed by atoms with E-state index in [0.717, 1.165) is 56.0 Å². The highest BCUT2D eigenvalue weighted by Gasteiger charge is 2.33. The first-order valence-electron chi connectivity index (χ1n) is 11.0. The highest BCUT2D eigenvalue weighted by molar-refractivity contribution is 5.52. The second-order valence-corrected chi connectivity index (χ2v) is 8.58. The topological polar surface area (TPSA) is 41.3 Å². The van der Waals surface area contributed by atoms with Crippen molar-refractivity contribution in [1.29, 1.82) is 0 Å². The molecule has 2 unspecified atom stereocenters. The predicted octanol–water partition coefficient (Wildman–Crippen LogP) is 4.30. The quantitative estimate of drug-likeness (QED) is 0.675. The van der Waals surface area contributed by atoms with Crippen molar-refractivity contribution < 1.29 is 4.39 Å². The molecule has 0 amide bonds. The van der Waals surface area contributed by atoms with Gasteiger partial charge in [0.15, 0.2) is 0 Å². The summed E-state index contributed by atoms with van der Waals surface area (Å²) < 4.78 is 14.8. The molecule has 3 nitrogen and oxygen atoms in total. The molecule has 1 saturated carbocycles. The maximum Gasteiger partial charge on any atom is 0.131 e. The Morgan fingerprint density at radius 1 is 1.19 bits per heavy atom. The fraction of sp³-hybridized carbons (Fsp3) is 0.818. The summed E-state index contributed by atoms with van der Waals surface area (Å²) in [6.45, 7) is 7.13. The average molecular weight is 364 g/mol. The largest absolute Gasteiger partial charge is 0.329 e. The molecule has 2 atom stereocenters. The molecule has 3 N–H and O–H groups in total. The molecular weight excluding hydrogens is 325 g/mol. The van der Waals surface area contributed by atoms with Crippen LogP contribution in [0.15, 0.2) is 23.0 Å². The van der Waals surface area contributed by atoms with Crippen molar-refractivity contribution in [2.75, 3.05) is 19.6 Å². The van der Waals surface area contributed by atoms with E-state index in [4.69, 9.17) is 5.73 Å². The number of nitrogens with zero attached hydrogens (tertiary/aromatic N) is 1. The van der Waals surface area contributed by atoms with Gasteiger partial charge in [-0.15, -0.1) is 0 Å². The Kier molecular flexibility index (Phi) is 7.30. The molecule has 0 spiro atoms. The molecule has 2 fully saturated rings. The minimum Gasteiger partial charge on any atom is -0.329 e. The van der Waals surface area contributed by atoms with Gasteiger partial charge in [0, 0.05) is 30.2 Å². The molecule has 3 rings (SSSR count). The first-order valence-corrected chi connectivity index (χ1v) is 11.0. The van der Waals surface area contributed by atoms with Gasteiger partial charge in [0.25, 0.3) is 0 Å². The lowest BCUT2D eigenvalue weighted by Gasteiger charge is -2.41. The van der Waals surface area contributed by atoms with Crippen molar-refractivity contribution in [2.45, 2.75) is 89.8 Å². The van der Waals surface area contributed by atoms with E-state index in [1.807, 2.05) is 0 Å². The zero-order valence-corrected chi connectivity index (χ0v) is 16.8. The minimum atomic E-state index is 0.0566. The molecule has 0 aromatic carbocycles. The van der Waals surface area contributed by atoms with Gasteiger partial charge in [0.1, 0.15) is 5.83 Å². The van der Waals surface area contributed by atoms with E-state index in [-0.39, 0.29) is 17.9 Å². The average Bonchev–Trinajstić information content (AvgIpc) is 2.67. The number of halogens is 1. The lowest BCUT2D eigenvalue weighted by molar-refractivity contribution is 0.114. The van der Waals surface area contributed by atoms with Crippen LogP contribution < -0.4 is 11.1 Å². The second-order valence-electron chi connectivity index (χ2n) is 8.58. The van der Waals surface area contributed by atoms with Gasteiger partial charge < -0.3 is 16.0 Å². The van der Waals surface area contributed by atoms with E-state index in [9.17, 15) is 4.39 Å². The Morgan fingerprint density at radius 3 is 2.46 bits per heavy atom. The Labute approximate surface area is 159 Å². The Morgan fingerprint density at radius 2 is 1.88 bits per heavy atom. The molecule has 0 aromatic rings. The van der Waals surface area contributed by atoms with Gasteiger partial charge in [-0.3, -0.25) is 0 Å². The number of nitrogens with one attached hydrogen (secondary N) is 1. The Bertz CT molecular complexity index is 513. The van der Waals surface area contributed by atoms with Crippen LogP contribution in [0.25, 0.3) is 0 Å². The summed E-state index contributed by atoms with van der Waals surface area (Å²) in [5, 5.41) is 3.50. The molecule has 148 valence electrons. The van der Waals surface area contributed by atoms with Gasteiger partial charge in [-0.05, 0) is 69.7 Å². The van der Waals surface area contributed by atoms with Gasteiger partial charge >= 0.3 is 0 Å². The second kappa shape index (κ2) is 9.48. The summed E-state index contributed by atoms with van der Waals surface area (Å²) in [7, 11) is 0. The molecule has 1 heterocycles. The number of rotatable bonds is 8. The van der Waals surface area contributed by atoms with Gasteiger partial charge in [0.2, 0.25) is 0 Å². The summed E-state index contributed by atoms with van der Waals surface area (Å²) in [4.78, 5) is 2.68. The van der Waals surface area contributed by atoms with Crippen LogP contribution in [0, 0.1) is 5.92 Å². The first-order chi connectivity index (χ1) is 12.6. The molecule has 1 aliphatic heterocycles. The monoisotopic (exact) mass is 363 g/mol. The summed E-state index contributed by atoms with van der Waals surface area (Å²) in [5.74, 6) is 0.486. The molecule has 2 aliphatic carbocycles. The van der Waals surface area contributed by atoms with E-state index >= 15 is 0 Å². The molecule has 26 heavy (non-hydrogen) atoms. The number of hydrogen-bond acceptors (Lipinski definition) is 3. The lowest BCUT2D eigenvalue weighted by atomic mass is 9.79. The molecule has 0 radical (unpaired) electrons. The molecule has 3 aliphatic rings. The van der Waals surface area contributed by atoms with Gasteiger partial charge in [0.05, 0.1) is 0 Å². The molecule has 0 bridgehead atoms. The molecule has 4 heteroatoms. The smallest absolute Gasteiger partial charge is 0.131 e. The van der Waals surface area contributed by atoms with Crippen LogP contribution in [0.2, 0.25) is 0 Å². The van der Waals surface area contributed by atoms with Crippen molar-refractivity contribution in [3.63, 3.8) is 0 Å². The van der Waals surface area contributed by atoms with E-state index in [1.165, 1.54) is 32.1 Å². The van der Waals surface area contributed by atoms with Crippen molar-refractivity contribution in [3.05, 3.63) is 23.0 Å². The van der Waals surface area contributed by atoms with Crippen LogP contribution in [0.4, 0.5) is 4.39 Å². The predicted molar refractivity (Wildman–Crippen MR) is 108 cm³/mol. The van der Waals surface area contributed by atoms with Gasteiger partial charge in [-0.2, -0.15) is 0 Å². The SMILES string of the molecule is CCCC(CN)NC(C)C1=CC(C2CCN(C3CCCCC3)CC2)=C1F. The van der Waals surface area contributed by atoms with Crippen LogP contribution in [0.1, 0.15) is 71.6 Å². The third kappa shape index (κ3) is 4.58. The van der Waals surface area contributed by atoms with Crippen molar-refractivity contribution in [1.82, 2.24) is 10.2 Å². The van der Waals surface area contributed by atoms with E-state index < -0.39 is 0 Å². The molecular formula is C22H38FN3. The van der Waals surface area contributed by atoms with Crippen molar-refractivity contribution >= 4 is 0 Å². The standard InChI is InChI=1S/C22H38FN3/c1-3-7-18(15-24)25-16(2)20-14-21(22(20)23)17-10-12-26(13-11-17)19-8-5-4-6-9-19/h14,16-19,25H,3-13,15,24H2,1-2H3. The van der Waals surface area contributed by atoms with Crippen LogP contribution in [0.5, 0.6) is 0 Å². The summed E-state index contributed by atoms with van der Waals surface area (Å²) in [6, 6.07) is 1.14. The maximum absolute atomic E-state index is 14.8. The highest BCUT2D eigenvalue weighted by atomic mass is 19.1. The Hall–Kier alpha value is -0.710. The van der Waals surface area contributed by atoms with Crippen LogP contribution in [0.3, 0.4) is 0 Å².